The Balaban J connectivity index is 1.76. The van der Waals surface area contributed by atoms with Gasteiger partial charge in [-0.15, -0.1) is 0 Å². The van der Waals surface area contributed by atoms with E-state index in [9.17, 15) is 14.0 Å². The molecular formula is C25H21FO3. The quantitative estimate of drug-likeness (QED) is 0.450. The maximum absolute atomic E-state index is 13.4. The predicted molar refractivity (Wildman–Crippen MR) is 111 cm³/mol. The van der Waals surface area contributed by atoms with E-state index in [0.29, 0.717) is 6.42 Å². The maximum atomic E-state index is 13.4. The molecule has 4 rings (SSSR count). The van der Waals surface area contributed by atoms with Gasteiger partial charge in [-0.25, -0.2) is 4.39 Å². The summed E-state index contributed by atoms with van der Waals surface area (Å²) < 4.78 is 18.6. The summed E-state index contributed by atoms with van der Waals surface area (Å²) in [6.07, 6.45) is 2.06. The van der Waals surface area contributed by atoms with Crippen LogP contribution in [0, 0.1) is 11.7 Å². The van der Waals surface area contributed by atoms with Gasteiger partial charge < -0.3 is 4.74 Å². The van der Waals surface area contributed by atoms with Gasteiger partial charge in [-0.05, 0) is 65.1 Å². The monoisotopic (exact) mass is 388 g/mol. The highest BCUT2D eigenvalue weighted by Crippen LogP contribution is 2.40. The molecule has 2 atom stereocenters. The molecule has 0 unspecified atom stereocenters. The molecule has 0 radical (unpaired) electrons. The number of ether oxygens (including phenoxy) is 1. The maximum Gasteiger partial charge on any atom is 0.317 e. The number of allylic oxidation sites excluding steroid dienone is 2. The van der Waals surface area contributed by atoms with E-state index in [0.717, 1.165) is 27.5 Å². The summed E-state index contributed by atoms with van der Waals surface area (Å²) in [6.45, 7) is 1.93. The van der Waals surface area contributed by atoms with Crippen LogP contribution in [0.15, 0.2) is 72.8 Å². The summed E-state index contributed by atoms with van der Waals surface area (Å²) in [6, 6.07) is 20.1. The van der Waals surface area contributed by atoms with Crippen molar-refractivity contribution in [2.45, 2.75) is 19.3 Å². The summed E-state index contributed by atoms with van der Waals surface area (Å²) in [5.41, 5.74) is 2.58. The van der Waals surface area contributed by atoms with Crippen LogP contribution in [0.5, 0.6) is 0 Å². The molecule has 0 aromatic heterocycles. The van der Waals surface area contributed by atoms with Crippen molar-refractivity contribution >= 4 is 28.1 Å². The smallest absolute Gasteiger partial charge is 0.317 e. The van der Waals surface area contributed by atoms with Crippen LogP contribution in [0.1, 0.15) is 30.4 Å². The average Bonchev–Trinajstić information content (AvgIpc) is 2.73. The van der Waals surface area contributed by atoms with Crippen molar-refractivity contribution in [2.24, 2.45) is 5.92 Å². The van der Waals surface area contributed by atoms with Gasteiger partial charge in [0.25, 0.3) is 0 Å². The van der Waals surface area contributed by atoms with E-state index in [4.69, 9.17) is 4.74 Å². The molecule has 0 spiro atoms. The van der Waals surface area contributed by atoms with Crippen LogP contribution in [0.2, 0.25) is 0 Å². The van der Waals surface area contributed by atoms with Crippen LogP contribution in [-0.4, -0.2) is 18.4 Å². The average molecular weight is 388 g/mol. The van der Waals surface area contributed by atoms with E-state index in [1.807, 2.05) is 36.4 Å². The third-order valence-corrected chi connectivity index (χ3v) is 5.42. The minimum atomic E-state index is -0.912. The second-order valence-electron chi connectivity index (χ2n) is 7.23. The third kappa shape index (κ3) is 3.83. The number of ketones is 1. The van der Waals surface area contributed by atoms with Gasteiger partial charge in [0.1, 0.15) is 11.7 Å². The summed E-state index contributed by atoms with van der Waals surface area (Å²) >= 11 is 0. The summed E-state index contributed by atoms with van der Waals surface area (Å²) in [5, 5.41) is 2.21. The first-order chi connectivity index (χ1) is 14.1. The molecule has 0 aliphatic heterocycles. The molecule has 0 saturated heterocycles. The molecular weight excluding hydrogens is 367 g/mol. The topological polar surface area (TPSA) is 43.4 Å². The number of hydrogen-bond donors (Lipinski definition) is 0. The fourth-order valence-corrected chi connectivity index (χ4v) is 4.00. The van der Waals surface area contributed by atoms with Crippen molar-refractivity contribution in [1.29, 1.82) is 0 Å². The predicted octanol–water partition coefficient (Wildman–Crippen LogP) is 5.30. The molecule has 3 aromatic carbocycles. The van der Waals surface area contributed by atoms with Crippen LogP contribution in [-0.2, 0) is 14.3 Å². The van der Waals surface area contributed by atoms with Gasteiger partial charge in [0.2, 0.25) is 0 Å². The number of halogens is 1. The molecule has 3 nitrogen and oxygen atoms in total. The highest BCUT2D eigenvalue weighted by Gasteiger charge is 2.39. The molecule has 146 valence electrons. The second-order valence-corrected chi connectivity index (χ2v) is 7.23. The number of rotatable bonds is 4. The standard InChI is InChI=1S/C25H21FO3/c1-2-29-25(28)24-22(17-9-11-21(26)12-10-17)14-20(15-23(24)27)19-8-7-16-5-3-4-6-18(16)13-19/h3-13,15,22,24H,2,14H2,1H3/t22-,24+/m0/s1. The van der Waals surface area contributed by atoms with E-state index in [-0.39, 0.29) is 18.2 Å². The second kappa shape index (κ2) is 8.00. The SMILES string of the molecule is CCOC(=O)[C@H]1C(=O)C=C(c2ccc3ccccc3c2)C[C@H]1c1ccc(F)cc1. The Bertz CT molecular complexity index is 1100. The lowest BCUT2D eigenvalue weighted by molar-refractivity contribution is -0.151. The van der Waals surface area contributed by atoms with Crippen molar-refractivity contribution in [1.82, 2.24) is 0 Å². The molecule has 0 fully saturated rings. The normalized spacial score (nSPS) is 19.1. The molecule has 3 aromatic rings. The van der Waals surface area contributed by atoms with Gasteiger partial charge >= 0.3 is 5.97 Å². The molecule has 29 heavy (non-hydrogen) atoms. The Kier molecular flexibility index (Phi) is 5.26. The molecule has 1 aliphatic carbocycles. The summed E-state index contributed by atoms with van der Waals surface area (Å²) in [5.74, 6) is -2.46. The lowest BCUT2D eigenvalue weighted by Gasteiger charge is -2.29. The van der Waals surface area contributed by atoms with Gasteiger partial charge in [0.15, 0.2) is 5.78 Å². The van der Waals surface area contributed by atoms with Gasteiger partial charge in [0.05, 0.1) is 6.61 Å². The van der Waals surface area contributed by atoms with E-state index >= 15 is 0 Å². The van der Waals surface area contributed by atoms with Crippen LogP contribution >= 0.6 is 0 Å². The summed E-state index contributed by atoms with van der Waals surface area (Å²) in [4.78, 5) is 25.5. The molecule has 1 aliphatic rings. The molecule has 4 heteroatoms. The van der Waals surface area contributed by atoms with Crippen LogP contribution in [0.3, 0.4) is 0 Å². The van der Waals surface area contributed by atoms with Crippen molar-refractivity contribution in [2.75, 3.05) is 6.61 Å². The van der Waals surface area contributed by atoms with Gasteiger partial charge in [0, 0.05) is 5.92 Å². The lowest BCUT2D eigenvalue weighted by atomic mass is 9.73. The molecule has 0 heterocycles. The highest BCUT2D eigenvalue weighted by molar-refractivity contribution is 6.11. The first-order valence-corrected chi connectivity index (χ1v) is 9.72. The highest BCUT2D eigenvalue weighted by atomic mass is 19.1. The Labute approximate surface area is 168 Å². The number of fused-ring (bicyclic) bond motifs is 1. The zero-order valence-electron chi connectivity index (χ0n) is 16.1. The fourth-order valence-electron chi connectivity index (χ4n) is 4.00. The first-order valence-electron chi connectivity index (χ1n) is 9.72. The zero-order valence-corrected chi connectivity index (χ0v) is 16.1. The van der Waals surface area contributed by atoms with E-state index in [1.54, 1.807) is 25.1 Å². The molecule has 0 bridgehead atoms. The largest absolute Gasteiger partial charge is 0.465 e. The zero-order chi connectivity index (χ0) is 20.4. The number of carbonyl (C=O) groups is 2. The van der Waals surface area contributed by atoms with E-state index < -0.39 is 17.8 Å². The minimum absolute atomic E-state index is 0.208. The summed E-state index contributed by atoms with van der Waals surface area (Å²) in [7, 11) is 0. The van der Waals surface area contributed by atoms with Crippen molar-refractivity contribution in [3.8, 4) is 0 Å². The van der Waals surface area contributed by atoms with Gasteiger partial charge in [-0.2, -0.15) is 0 Å². The number of hydrogen-bond acceptors (Lipinski definition) is 3. The number of esters is 1. The number of carbonyl (C=O) groups excluding carboxylic acids is 2. The van der Waals surface area contributed by atoms with Crippen LogP contribution in [0.4, 0.5) is 4.39 Å². The van der Waals surface area contributed by atoms with Crippen LogP contribution in [0.25, 0.3) is 16.3 Å². The van der Waals surface area contributed by atoms with Gasteiger partial charge in [-0.1, -0.05) is 48.5 Å². The fraction of sp³-hybridized carbons (Fsp3) is 0.200. The first kappa shape index (κ1) is 19.1. The Morgan fingerprint density at radius 2 is 1.76 bits per heavy atom. The third-order valence-electron chi connectivity index (χ3n) is 5.42. The van der Waals surface area contributed by atoms with Crippen molar-refractivity contribution in [3.05, 3.63) is 89.8 Å². The molecule has 0 amide bonds. The van der Waals surface area contributed by atoms with Crippen molar-refractivity contribution in [3.63, 3.8) is 0 Å². The minimum Gasteiger partial charge on any atom is -0.465 e. The molecule has 0 saturated carbocycles. The van der Waals surface area contributed by atoms with Crippen LogP contribution < -0.4 is 0 Å². The Morgan fingerprint density at radius 1 is 1.03 bits per heavy atom. The van der Waals surface area contributed by atoms with E-state index in [1.165, 1.54) is 12.1 Å². The molecule has 0 N–H and O–H groups in total. The van der Waals surface area contributed by atoms with E-state index in [2.05, 4.69) is 6.07 Å². The Hall–Kier alpha value is -3.27. The van der Waals surface area contributed by atoms with Crippen molar-refractivity contribution < 1.29 is 18.7 Å². The lowest BCUT2D eigenvalue weighted by Crippen LogP contribution is -2.34. The number of benzene rings is 3. The van der Waals surface area contributed by atoms with Gasteiger partial charge in [-0.3, -0.25) is 9.59 Å². The Morgan fingerprint density at radius 3 is 2.48 bits per heavy atom.